The number of halogens is 9. The molecule has 3 heterocycles. The number of benzene rings is 2. The van der Waals surface area contributed by atoms with Crippen molar-refractivity contribution in [2.45, 2.75) is 76.7 Å². The topological polar surface area (TPSA) is 99.1 Å². The van der Waals surface area contributed by atoms with Gasteiger partial charge in [0.1, 0.15) is 0 Å². The van der Waals surface area contributed by atoms with Gasteiger partial charge in [-0.25, -0.2) is 14.8 Å². The number of hydrogen-bond acceptors (Lipinski definition) is 7. The molecule has 1 N–H and O–H groups in total. The van der Waals surface area contributed by atoms with Crippen LogP contribution < -0.4 is 14.7 Å². The molecule has 282 valence electrons. The minimum Gasteiger partial charge on any atom is -0.481 e. The Morgan fingerprint density at radius 3 is 1.94 bits per heavy atom. The Hall–Kier alpha value is -4.77. The molecule has 0 saturated carbocycles. The molecule has 0 aliphatic carbocycles. The highest BCUT2D eigenvalue weighted by molar-refractivity contribution is 5.90. The summed E-state index contributed by atoms with van der Waals surface area (Å²) in [4.78, 5) is 37.6. The predicted octanol–water partition coefficient (Wildman–Crippen LogP) is 8.73. The SMILES string of the molecule is CCOC(=O)N1c2ccc(C(F)(F)F)cc2[C@@H](N(Cc2cc(C(F)(F)F)cc(C(F)(F)F)c2)c2ncc(N3CCC(C(=O)O)CC3)cn2)C[C@H]1CC. The Balaban J connectivity index is 1.66. The zero-order valence-electron chi connectivity index (χ0n) is 27.8. The lowest BCUT2D eigenvalue weighted by atomic mass is 9.87. The fraction of sp³-hybridized carbons (Fsp3) is 0.471. The van der Waals surface area contributed by atoms with Gasteiger partial charge >= 0.3 is 30.6 Å². The summed E-state index contributed by atoms with van der Waals surface area (Å²) in [6.45, 7) is 3.17. The van der Waals surface area contributed by atoms with Crippen LogP contribution in [0.3, 0.4) is 0 Å². The molecule has 3 aromatic rings. The van der Waals surface area contributed by atoms with Gasteiger partial charge in [0.25, 0.3) is 0 Å². The molecule has 1 amide bonds. The first kappa shape index (κ1) is 38.5. The monoisotopic (exact) mass is 747 g/mol. The second-order valence-corrected chi connectivity index (χ2v) is 12.5. The standard InChI is InChI=1S/C34H34F9N5O4/c1-3-24-15-28(26-14-21(32(35,36)37)5-6-27(26)48(24)31(51)52-4-2)47(18-19-11-22(33(38,39)40)13-23(12-19)34(41,42)43)30-44-16-25(17-45-30)46-9-7-20(8-10-46)29(49)50/h5-6,11-14,16-17,20,24,28H,3-4,7-10,15,18H2,1-2H3,(H,49,50)/t24-,28+/m1/s1. The number of amides is 1. The fourth-order valence-electron chi connectivity index (χ4n) is 6.63. The van der Waals surface area contributed by atoms with Crippen LogP contribution in [0.25, 0.3) is 0 Å². The quantitative estimate of drug-likeness (QED) is 0.229. The average Bonchev–Trinajstić information content (AvgIpc) is 3.08. The van der Waals surface area contributed by atoms with Gasteiger partial charge < -0.3 is 19.6 Å². The van der Waals surface area contributed by atoms with Crippen molar-refractivity contribution in [3.05, 3.63) is 76.6 Å². The van der Waals surface area contributed by atoms with Crippen LogP contribution in [-0.2, 0) is 34.6 Å². The van der Waals surface area contributed by atoms with Crippen LogP contribution in [0, 0.1) is 5.92 Å². The van der Waals surface area contributed by atoms with Crippen molar-refractivity contribution in [2.24, 2.45) is 5.92 Å². The number of fused-ring (bicyclic) bond motifs is 1. The number of rotatable bonds is 8. The molecule has 2 atom stereocenters. The van der Waals surface area contributed by atoms with Gasteiger partial charge in [0.05, 0.1) is 59.0 Å². The van der Waals surface area contributed by atoms with Gasteiger partial charge in [0.15, 0.2) is 0 Å². The lowest BCUT2D eigenvalue weighted by Crippen LogP contribution is -2.48. The number of ether oxygens (including phenoxy) is 1. The summed E-state index contributed by atoms with van der Waals surface area (Å²) in [5.74, 6) is -1.70. The third-order valence-corrected chi connectivity index (χ3v) is 9.24. The molecule has 2 aliphatic heterocycles. The maximum atomic E-state index is 14.1. The van der Waals surface area contributed by atoms with Crippen molar-refractivity contribution in [2.75, 3.05) is 34.4 Å². The highest BCUT2D eigenvalue weighted by atomic mass is 19.4. The van der Waals surface area contributed by atoms with E-state index in [1.807, 2.05) is 4.90 Å². The van der Waals surface area contributed by atoms with E-state index in [-0.39, 0.29) is 42.7 Å². The summed E-state index contributed by atoms with van der Waals surface area (Å²) in [6.07, 6.45) is -12.6. The molecule has 5 rings (SSSR count). The van der Waals surface area contributed by atoms with E-state index in [0.29, 0.717) is 43.8 Å². The van der Waals surface area contributed by atoms with E-state index in [1.54, 1.807) is 13.8 Å². The number of anilines is 3. The molecule has 2 aromatic carbocycles. The Kier molecular flexibility index (Phi) is 10.9. The van der Waals surface area contributed by atoms with Gasteiger partial charge in [0, 0.05) is 25.7 Å². The molecule has 0 bridgehead atoms. The average molecular weight is 748 g/mol. The lowest BCUT2D eigenvalue weighted by Gasteiger charge is -2.44. The number of aromatic nitrogens is 2. The number of hydrogen-bond donors (Lipinski definition) is 1. The first-order chi connectivity index (χ1) is 24.3. The number of piperidine rings is 1. The fourth-order valence-corrected chi connectivity index (χ4v) is 6.63. The van der Waals surface area contributed by atoms with Crippen molar-refractivity contribution in [3.63, 3.8) is 0 Å². The number of carbonyl (C=O) groups is 2. The summed E-state index contributed by atoms with van der Waals surface area (Å²) in [5, 5.41) is 9.34. The number of carboxylic acid groups (broad SMARTS) is 1. The van der Waals surface area contributed by atoms with Crippen LogP contribution in [-0.4, -0.2) is 52.9 Å². The first-order valence-electron chi connectivity index (χ1n) is 16.3. The van der Waals surface area contributed by atoms with Crippen molar-refractivity contribution in [1.82, 2.24) is 9.97 Å². The smallest absolute Gasteiger partial charge is 0.416 e. The molecule has 18 heteroatoms. The van der Waals surface area contributed by atoms with E-state index in [9.17, 15) is 54.2 Å². The third-order valence-electron chi connectivity index (χ3n) is 9.24. The van der Waals surface area contributed by atoms with Gasteiger partial charge in [0.2, 0.25) is 5.95 Å². The third kappa shape index (κ3) is 8.30. The summed E-state index contributed by atoms with van der Waals surface area (Å²) in [6, 6.07) is 1.77. The molecule has 0 spiro atoms. The normalized spacial score (nSPS) is 18.6. The summed E-state index contributed by atoms with van der Waals surface area (Å²) in [5.41, 5.74) is -4.37. The van der Waals surface area contributed by atoms with Gasteiger partial charge in [-0.3, -0.25) is 9.69 Å². The number of aliphatic carboxylic acids is 1. The predicted molar refractivity (Wildman–Crippen MR) is 170 cm³/mol. The molecular formula is C34H34F9N5O4. The first-order valence-corrected chi connectivity index (χ1v) is 16.3. The van der Waals surface area contributed by atoms with Crippen LogP contribution >= 0.6 is 0 Å². The van der Waals surface area contributed by atoms with Crippen LogP contribution in [0.5, 0.6) is 0 Å². The molecule has 1 aromatic heterocycles. The Morgan fingerprint density at radius 2 is 1.44 bits per heavy atom. The van der Waals surface area contributed by atoms with Crippen LogP contribution in [0.1, 0.15) is 73.4 Å². The molecule has 1 saturated heterocycles. The summed E-state index contributed by atoms with van der Waals surface area (Å²) < 4.78 is 131. The summed E-state index contributed by atoms with van der Waals surface area (Å²) in [7, 11) is 0. The second-order valence-electron chi connectivity index (χ2n) is 12.5. The molecule has 0 radical (unpaired) electrons. The lowest BCUT2D eigenvalue weighted by molar-refractivity contribution is -0.144. The van der Waals surface area contributed by atoms with Crippen LogP contribution in [0.2, 0.25) is 0 Å². The van der Waals surface area contributed by atoms with Gasteiger partial charge in [-0.2, -0.15) is 39.5 Å². The van der Waals surface area contributed by atoms with E-state index >= 15 is 0 Å². The van der Waals surface area contributed by atoms with Crippen molar-refractivity contribution in [3.8, 4) is 0 Å². The van der Waals surface area contributed by atoms with E-state index in [4.69, 9.17) is 4.74 Å². The van der Waals surface area contributed by atoms with E-state index in [0.717, 1.165) is 18.2 Å². The Labute approximate surface area is 292 Å². The Morgan fingerprint density at radius 1 is 0.865 bits per heavy atom. The van der Waals surface area contributed by atoms with Crippen LogP contribution in [0.4, 0.5) is 61.6 Å². The van der Waals surface area contributed by atoms with E-state index in [2.05, 4.69) is 9.97 Å². The molecule has 52 heavy (non-hydrogen) atoms. The largest absolute Gasteiger partial charge is 0.481 e. The number of carboxylic acids is 1. The molecule has 1 fully saturated rings. The maximum absolute atomic E-state index is 14.1. The highest BCUT2D eigenvalue weighted by Gasteiger charge is 2.43. The number of nitrogens with zero attached hydrogens (tertiary/aromatic N) is 5. The van der Waals surface area contributed by atoms with Crippen LogP contribution in [0.15, 0.2) is 48.8 Å². The summed E-state index contributed by atoms with van der Waals surface area (Å²) >= 11 is 0. The van der Waals surface area contributed by atoms with Gasteiger partial charge in [-0.1, -0.05) is 6.92 Å². The minimum absolute atomic E-state index is 0.0116. The highest BCUT2D eigenvalue weighted by Crippen LogP contribution is 2.46. The molecule has 9 nitrogen and oxygen atoms in total. The molecule has 2 aliphatic rings. The van der Waals surface area contributed by atoms with Gasteiger partial charge in [-0.05, 0) is 80.1 Å². The number of alkyl halides is 9. The molecule has 0 unspecified atom stereocenters. The maximum Gasteiger partial charge on any atom is 0.416 e. The molecular weight excluding hydrogens is 713 g/mol. The zero-order valence-corrected chi connectivity index (χ0v) is 27.8. The van der Waals surface area contributed by atoms with Crippen molar-refractivity contribution in [1.29, 1.82) is 0 Å². The van der Waals surface area contributed by atoms with E-state index in [1.165, 1.54) is 22.2 Å². The minimum atomic E-state index is -5.17. The van der Waals surface area contributed by atoms with Gasteiger partial charge in [-0.15, -0.1) is 0 Å². The van der Waals surface area contributed by atoms with E-state index < -0.39 is 77.4 Å². The number of carbonyl (C=O) groups excluding carboxylic acids is 1. The van der Waals surface area contributed by atoms with Crippen molar-refractivity contribution >= 4 is 29.4 Å². The Bertz CT molecular complexity index is 1730. The zero-order chi connectivity index (χ0) is 38.2. The second kappa shape index (κ2) is 14.7. The van der Waals surface area contributed by atoms with Crippen molar-refractivity contribution < 1.29 is 58.9 Å².